The number of rotatable bonds is 4. The first-order chi connectivity index (χ1) is 16.5. The van der Waals surface area contributed by atoms with E-state index in [1.54, 1.807) is 31.4 Å². The molecule has 5 rings (SSSR count). The lowest BCUT2D eigenvalue weighted by molar-refractivity contribution is -0.113. The Morgan fingerprint density at radius 1 is 1.12 bits per heavy atom. The molecule has 0 aromatic heterocycles. The molecule has 8 heteroatoms. The third-order valence-electron chi connectivity index (χ3n) is 5.60. The molecule has 1 atom stereocenters. The van der Waals surface area contributed by atoms with Crippen LogP contribution in [0.4, 0.5) is 0 Å². The quantitative estimate of drug-likeness (QED) is 0.417. The summed E-state index contributed by atoms with van der Waals surface area (Å²) < 4.78 is 6.12. The SMILES string of the molecule is COc1ccc(C2CC(c3ccccc3)=NN2C2=NC(=O)/C(=C/c3cc(Br)ccc3O)S2)cc1. The highest BCUT2D eigenvalue weighted by atomic mass is 79.9. The lowest BCUT2D eigenvalue weighted by atomic mass is 9.98. The van der Waals surface area contributed by atoms with Gasteiger partial charge in [0.05, 0.1) is 23.8 Å². The number of benzene rings is 3. The highest BCUT2D eigenvalue weighted by molar-refractivity contribution is 9.10. The summed E-state index contributed by atoms with van der Waals surface area (Å²) in [7, 11) is 1.64. The lowest BCUT2D eigenvalue weighted by Crippen LogP contribution is -2.23. The van der Waals surface area contributed by atoms with Crippen LogP contribution in [0.1, 0.15) is 29.2 Å². The van der Waals surface area contributed by atoms with Crippen molar-refractivity contribution in [3.05, 3.63) is 98.9 Å². The fourth-order valence-corrected chi connectivity index (χ4v) is 5.14. The van der Waals surface area contributed by atoms with Gasteiger partial charge in [0, 0.05) is 16.5 Å². The van der Waals surface area contributed by atoms with Crippen LogP contribution < -0.4 is 4.74 Å². The number of amidine groups is 1. The van der Waals surface area contributed by atoms with E-state index in [4.69, 9.17) is 9.84 Å². The molecule has 0 saturated heterocycles. The van der Waals surface area contributed by atoms with E-state index < -0.39 is 0 Å². The van der Waals surface area contributed by atoms with Crippen molar-refractivity contribution in [2.24, 2.45) is 10.1 Å². The van der Waals surface area contributed by atoms with Gasteiger partial charge in [0.2, 0.25) is 0 Å². The van der Waals surface area contributed by atoms with Gasteiger partial charge in [-0.15, -0.1) is 0 Å². The van der Waals surface area contributed by atoms with Crippen LogP contribution in [-0.4, -0.2) is 34.0 Å². The topological polar surface area (TPSA) is 74.5 Å². The molecule has 2 aliphatic rings. The summed E-state index contributed by atoms with van der Waals surface area (Å²) in [5.41, 5.74) is 3.56. The molecule has 0 aliphatic carbocycles. The van der Waals surface area contributed by atoms with E-state index >= 15 is 0 Å². The second-order valence-electron chi connectivity index (χ2n) is 7.76. The second-order valence-corrected chi connectivity index (χ2v) is 9.69. The first-order valence-electron chi connectivity index (χ1n) is 10.6. The Balaban J connectivity index is 1.48. The Bertz CT molecular complexity index is 1340. The van der Waals surface area contributed by atoms with Crippen molar-refractivity contribution < 1.29 is 14.6 Å². The number of hydrogen-bond acceptors (Lipinski definition) is 6. The summed E-state index contributed by atoms with van der Waals surface area (Å²) in [5, 5.41) is 17.4. The molecule has 0 bridgehead atoms. The fraction of sp³-hybridized carbons (Fsp3) is 0.115. The molecule has 3 aromatic carbocycles. The Labute approximate surface area is 209 Å². The Morgan fingerprint density at radius 3 is 2.62 bits per heavy atom. The largest absolute Gasteiger partial charge is 0.507 e. The maximum Gasteiger partial charge on any atom is 0.286 e. The maximum atomic E-state index is 12.8. The number of carbonyl (C=O) groups is 1. The van der Waals surface area contributed by atoms with E-state index in [2.05, 4.69) is 20.9 Å². The average molecular weight is 534 g/mol. The standard InChI is InChI=1S/C26H20BrN3O3S/c1-33-20-10-7-17(8-11-20)22-15-21(16-5-3-2-4-6-16)29-30(22)26-28-25(32)24(34-26)14-18-13-19(27)9-12-23(18)31/h2-14,22,31H,15H2,1H3/b24-14-. The van der Waals surface area contributed by atoms with Crippen molar-refractivity contribution in [1.82, 2.24) is 5.01 Å². The third kappa shape index (κ3) is 4.51. The summed E-state index contributed by atoms with van der Waals surface area (Å²) in [6, 6.07) is 22.8. The van der Waals surface area contributed by atoms with E-state index in [1.165, 1.54) is 11.8 Å². The number of ether oxygens (including phenoxy) is 1. The van der Waals surface area contributed by atoms with Crippen molar-refractivity contribution in [3.63, 3.8) is 0 Å². The number of nitrogens with zero attached hydrogens (tertiary/aromatic N) is 3. The molecular weight excluding hydrogens is 514 g/mol. The highest BCUT2D eigenvalue weighted by Crippen LogP contribution is 2.40. The molecule has 1 unspecified atom stereocenters. The van der Waals surface area contributed by atoms with E-state index in [0.717, 1.165) is 27.1 Å². The number of amides is 1. The summed E-state index contributed by atoms with van der Waals surface area (Å²) >= 11 is 4.66. The van der Waals surface area contributed by atoms with Gasteiger partial charge in [-0.2, -0.15) is 10.1 Å². The van der Waals surface area contributed by atoms with Crippen LogP contribution >= 0.6 is 27.7 Å². The number of phenolic OH excluding ortho intramolecular Hbond substituents is 1. The minimum Gasteiger partial charge on any atom is -0.507 e. The summed E-state index contributed by atoms with van der Waals surface area (Å²) in [5.74, 6) is 0.523. The van der Waals surface area contributed by atoms with Crippen molar-refractivity contribution in [2.75, 3.05) is 7.11 Å². The second kappa shape index (κ2) is 9.48. The Kier molecular flexibility index (Phi) is 6.26. The van der Waals surface area contributed by atoms with Gasteiger partial charge in [0.25, 0.3) is 5.91 Å². The molecule has 2 heterocycles. The van der Waals surface area contributed by atoms with Crippen LogP contribution in [0.5, 0.6) is 11.5 Å². The van der Waals surface area contributed by atoms with E-state index in [0.29, 0.717) is 22.1 Å². The molecule has 3 aromatic rings. The Hall–Kier alpha value is -3.36. The zero-order valence-corrected chi connectivity index (χ0v) is 20.6. The predicted molar refractivity (Wildman–Crippen MR) is 139 cm³/mol. The first-order valence-corrected chi connectivity index (χ1v) is 12.2. The van der Waals surface area contributed by atoms with Gasteiger partial charge >= 0.3 is 0 Å². The van der Waals surface area contributed by atoms with E-state index in [-0.39, 0.29) is 17.7 Å². The average Bonchev–Trinajstić information content (AvgIpc) is 3.46. The van der Waals surface area contributed by atoms with Crippen LogP contribution in [0.2, 0.25) is 0 Å². The van der Waals surface area contributed by atoms with Gasteiger partial charge < -0.3 is 9.84 Å². The van der Waals surface area contributed by atoms with Crippen molar-refractivity contribution >= 4 is 50.6 Å². The highest BCUT2D eigenvalue weighted by Gasteiger charge is 2.36. The number of aromatic hydroxyl groups is 1. The number of aliphatic imine (C=N–C) groups is 1. The smallest absolute Gasteiger partial charge is 0.286 e. The number of thioether (sulfide) groups is 1. The van der Waals surface area contributed by atoms with E-state index in [1.807, 2.05) is 59.6 Å². The molecule has 1 N–H and O–H groups in total. The van der Waals surface area contributed by atoms with Crippen molar-refractivity contribution in [2.45, 2.75) is 12.5 Å². The molecular formula is C26H20BrN3O3S. The zero-order valence-electron chi connectivity index (χ0n) is 18.2. The molecule has 2 aliphatic heterocycles. The van der Waals surface area contributed by atoms with Gasteiger partial charge in [-0.25, -0.2) is 5.01 Å². The van der Waals surface area contributed by atoms with Crippen LogP contribution in [-0.2, 0) is 4.79 Å². The van der Waals surface area contributed by atoms with Crippen LogP contribution in [0, 0.1) is 0 Å². The third-order valence-corrected chi connectivity index (χ3v) is 7.07. The first kappa shape index (κ1) is 22.4. The maximum absolute atomic E-state index is 12.8. The van der Waals surface area contributed by atoms with Gasteiger partial charge in [-0.05, 0) is 59.3 Å². The van der Waals surface area contributed by atoms with Gasteiger partial charge in [-0.3, -0.25) is 4.79 Å². The van der Waals surface area contributed by atoms with Crippen LogP contribution in [0.3, 0.4) is 0 Å². The number of carbonyl (C=O) groups excluding carboxylic acids is 1. The molecule has 170 valence electrons. The van der Waals surface area contributed by atoms with E-state index in [9.17, 15) is 9.90 Å². The number of halogens is 1. The Morgan fingerprint density at radius 2 is 1.88 bits per heavy atom. The molecule has 6 nitrogen and oxygen atoms in total. The van der Waals surface area contributed by atoms with Gasteiger partial charge in [0.15, 0.2) is 5.17 Å². The molecule has 0 spiro atoms. The van der Waals surface area contributed by atoms with Gasteiger partial charge in [0.1, 0.15) is 11.5 Å². The monoisotopic (exact) mass is 533 g/mol. The summed E-state index contributed by atoms with van der Waals surface area (Å²) in [4.78, 5) is 17.5. The summed E-state index contributed by atoms with van der Waals surface area (Å²) in [6.07, 6.45) is 2.33. The van der Waals surface area contributed by atoms with Crippen molar-refractivity contribution in [1.29, 1.82) is 0 Å². The number of phenols is 1. The van der Waals surface area contributed by atoms with Crippen LogP contribution in [0.25, 0.3) is 6.08 Å². The lowest BCUT2D eigenvalue weighted by Gasteiger charge is -2.22. The van der Waals surface area contributed by atoms with Gasteiger partial charge in [-0.1, -0.05) is 58.4 Å². The normalized spacial score (nSPS) is 18.9. The number of hydrogen-bond donors (Lipinski definition) is 1. The number of methoxy groups -OCH3 is 1. The molecule has 0 saturated carbocycles. The summed E-state index contributed by atoms with van der Waals surface area (Å²) in [6.45, 7) is 0. The minimum atomic E-state index is -0.351. The fourth-order valence-electron chi connectivity index (χ4n) is 3.86. The molecule has 1 amide bonds. The van der Waals surface area contributed by atoms with Crippen LogP contribution in [0.15, 0.2) is 92.3 Å². The minimum absolute atomic E-state index is 0.0965. The molecule has 0 radical (unpaired) electrons. The van der Waals surface area contributed by atoms with Crippen molar-refractivity contribution in [3.8, 4) is 11.5 Å². The molecule has 34 heavy (non-hydrogen) atoms. The predicted octanol–water partition coefficient (Wildman–Crippen LogP) is 5.98. The number of hydrazone groups is 1. The molecule has 0 fully saturated rings. The zero-order chi connectivity index (χ0) is 23.7.